The Labute approximate surface area is 195 Å². The van der Waals surface area contributed by atoms with Crippen molar-refractivity contribution in [1.82, 2.24) is 4.57 Å². The van der Waals surface area contributed by atoms with Crippen molar-refractivity contribution < 1.29 is 28.0 Å². The van der Waals surface area contributed by atoms with E-state index in [4.69, 9.17) is 17.3 Å². The summed E-state index contributed by atoms with van der Waals surface area (Å²) in [6, 6.07) is 15.8. The molecule has 0 aliphatic carbocycles. The molecule has 3 amide bonds. The van der Waals surface area contributed by atoms with E-state index in [0.29, 0.717) is 28.2 Å². The van der Waals surface area contributed by atoms with Crippen LogP contribution in [0.25, 0.3) is 16.6 Å². The van der Waals surface area contributed by atoms with Crippen LogP contribution in [0.15, 0.2) is 66.9 Å². The van der Waals surface area contributed by atoms with Crippen LogP contribution in [-0.2, 0) is 6.18 Å². The predicted octanol–water partition coefficient (Wildman–Crippen LogP) is 5.63. The second-order valence-corrected chi connectivity index (χ2v) is 7.58. The number of amides is 3. The van der Waals surface area contributed by atoms with Gasteiger partial charge >= 0.3 is 12.2 Å². The zero-order valence-corrected chi connectivity index (χ0v) is 17.9. The summed E-state index contributed by atoms with van der Waals surface area (Å²) in [6.45, 7) is 0. The number of alkyl halides is 3. The van der Waals surface area contributed by atoms with Crippen LogP contribution in [0.3, 0.4) is 0 Å². The lowest BCUT2D eigenvalue weighted by molar-refractivity contribution is -0.137. The van der Waals surface area contributed by atoms with Gasteiger partial charge in [0.15, 0.2) is 0 Å². The smallest absolute Gasteiger partial charge is 0.366 e. The van der Waals surface area contributed by atoms with Crippen LogP contribution in [0.2, 0.25) is 5.02 Å². The van der Waals surface area contributed by atoms with Crippen molar-refractivity contribution in [3.8, 4) is 5.69 Å². The SMILES string of the molecule is NC(=O)c1cn(-c2ccc(NC(=O)N(O)c3ccc(Cl)c(C(F)(F)F)c3)cc2)c2cc[c]cc12. The van der Waals surface area contributed by atoms with Gasteiger partial charge in [0.1, 0.15) is 0 Å². The Bertz CT molecular complexity index is 1400. The van der Waals surface area contributed by atoms with Gasteiger partial charge in [0.2, 0.25) is 0 Å². The maximum absolute atomic E-state index is 13.0. The minimum absolute atomic E-state index is 0.0502. The van der Waals surface area contributed by atoms with Gasteiger partial charge in [-0.15, -0.1) is 0 Å². The van der Waals surface area contributed by atoms with Gasteiger partial charge in [0.25, 0.3) is 5.91 Å². The number of nitrogens with one attached hydrogen (secondary N) is 1. The molecule has 173 valence electrons. The number of carbonyl (C=O) groups excluding carboxylic acids is 2. The molecular formula is C23H15ClF3N4O3. The highest BCUT2D eigenvalue weighted by Crippen LogP contribution is 2.37. The summed E-state index contributed by atoms with van der Waals surface area (Å²) in [7, 11) is 0. The zero-order chi connectivity index (χ0) is 24.6. The highest BCUT2D eigenvalue weighted by molar-refractivity contribution is 6.31. The van der Waals surface area contributed by atoms with Crippen LogP contribution in [0.4, 0.5) is 29.3 Å². The summed E-state index contributed by atoms with van der Waals surface area (Å²) in [5, 5.41) is 12.6. The fourth-order valence-corrected chi connectivity index (χ4v) is 3.61. The molecule has 1 radical (unpaired) electrons. The average molecular weight is 488 g/mol. The number of nitrogens with zero attached hydrogens (tertiary/aromatic N) is 2. The number of carbonyl (C=O) groups is 2. The number of nitrogens with two attached hydrogens (primary N) is 1. The van der Waals surface area contributed by atoms with Gasteiger partial charge in [-0.3, -0.25) is 10.0 Å². The molecule has 4 rings (SSSR count). The molecule has 0 aliphatic heterocycles. The minimum Gasteiger partial charge on any atom is -0.366 e. The standard InChI is InChI=1S/C23H15ClF3N4O3/c24-19-10-9-15(11-18(19)23(25,26)27)31(34)22(33)29-13-5-7-14(8-6-13)30-12-17(21(28)32)16-3-1-2-4-20(16)30/h2-12,34H,(H2,28,32)(H,29,33). The number of benzene rings is 3. The Kier molecular flexibility index (Phi) is 5.94. The highest BCUT2D eigenvalue weighted by Gasteiger charge is 2.34. The molecule has 34 heavy (non-hydrogen) atoms. The van der Waals surface area contributed by atoms with Crippen molar-refractivity contribution in [1.29, 1.82) is 0 Å². The Balaban J connectivity index is 1.55. The fourth-order valence-electron chi connectivity index (χ4n) is 3.39. The maximum atomic E-state index is 13.0. The predicted molar refractivity (Wildman–Crippen MR) is 120 cm³/mol. The summed E-state index contributed by atoms with van der Waals surface area (Å²) in [5.41, 5.74) is 5.80. The van der Waals surface area contributed by atoms with E-state index < -0.39 is 34.4 Å². The molecule has 4 aromatic rings. The first-order valence-electron chi connectivity index (χ1n) is 9.64. The molecule has 1 aromatic heterocycles. The topological polar surface area (TPSA) is 101 Å². The highest BCUT2D eigenvalue weighted by atomic mass is 35.5. The summed E-state index contributed by atoms with van der Waals surface area (Å²) in [4.78, 5) is 24.1. The van der Waals surface area contributed by atoms with E-state index in [-0.39, 0.29) is 10.8 Å². The van der Waals surface area contributed by atoms with Crippen molar-refractivity contribution in [2.24, 2.45) is 5.73 Å². The Morgan fingerprint density at radius 1 is 1.12 bits per heavy atom. The number of primary amides is 1. The Hall–Kier alpha value is -4.02. The van der Waals surface area contributed by atoms with Crippen molar-refractivity contribution >= 4 is 45.8 Å². The molecule has 0 aliphatic rings. The molecule has 0 bridgehead atoms. The van der Waals surface area contributed by atoms with Crippen LogP contribution in [-0.4, -0.2) is 21.7 Å². The number of urea groups is 1. The van der Waals surface area contributed by atoms with Crippen LogP contribution in [0.1, 0.15) is 15.9 Å². The van der Waals surface area contributed by atoms with E-state index in [2.05, 4.69) is 11.4 Å². The van der Waals surface area contributed by atoms with E-state index in [0.717, 1.165) is 12.1 Å². The number of hydrogen-bond donors (Lipinski definition) is 3. The van der Waals surface area contributed by atoms with E-state index in [1.807, 2.05) is 0 Å². The second-order valence-electron chi connectivity index (χ2n) is 7.17. The van der Waals surface area contributed by atoms with Crippen LogP contribution in [0, 0.1) is 6.07 Å². The van der Waals surface area contributed by atoms with Crippen LogP contribution in [0.5, 0.6) is 0 Å². The van der Waals surface area contributed by atoms with Crippen molar-refractivity contribution in [2.75, 3.05) is 10.4 Å². The van der Waals surface area contributed by atoms with Gasteiger partial charge in [-0.25, -0.2) is 4.79 Å². The number of rotatable bonds is 4. The first kappa shape index (κ1) is 23.1. The Morgan fingerprint density at radius 3 is 2.47 bits per heavy atom. The second kappa shape index (κ2) is 8.73. The quantitative estimate of drug-likeness (QED) is 0.257. The number of hydroxylamine groups is 1. The third kappa shape index (κ3) is 4.41. The largest absolute Gasteiger partial charge is 0.417 e. The van der Waals surface area contributed by atoms with Gasteiger partial charge in [-0.1, -0.05) is 17.7 Å². The number of fused-ring (bicyclic) bond motifs is 1. The molecular weight excluding hydrogens is 473 g/mol. The molecule has 0 fully saturated rings. The van der Waals surface area contributed by atoms with E-state index >= 15 is 0 Å². The summed E-state index contributed by atoms with van der Waals surface area (Å²) in [5.74, 6) is -0.592. The number of halogens is 4. The molecule has 4 N–H and O–H groups in total. The number of anilines is 2. The Morgan fingerprint density at radius 2 is 1.82 bits per heavy atom. The van der Waals surface area contributed by atoms with E-state index in [9.17, 15) is 28.0 Å². The van der Waals surface area contributed by atoms with E-state index in [1.54, 1.807) is 41.1 Å². The third-order valence-electron chi connectivity index (χ3n) is 5.00. The summed E-state index contributed by atoms with van der Waals surface area (Å²) < 4.78 is 40.9. The van der Waals surface area contributed by atoms with Gasteiger partial charge in [0, 0.05) is 23.0 Å². The van der Waals surface area contributed by atoms with Crippen LogP contribution >= 0.6 is 11.6 Å². The lowest BCUT2D eigenvalue weighted by atomic mass is 10.2. The minimum atomic E-state index is -4.75. The lowest BCUT2D eigenvalue weighted by Crippen LogP contribution is -2.32. The molecule has 0 unspecified atom stereocenters. The molecule has 0 saturated carbocycles. The van der Waals surface area contributed by atoms with Gasteiger partial charge in [-0.2, -0.15) is 18.2 Å². The molecule has 0 atom stereocenters. The molecule has 7 nitrogen and oxygen atoms in total. The van der Waals surface area contributed by atoms with Crippen LogP contribution < -0.4 is 16.1 Å². The summed E-state index contributed by atoms with van der Waals surface area (Å²) >= 11 is 5.57. The number of hydrogen-bond acceptors (Lipinski definition) is 3. The maximum Gasteiger partial charge on any atom is 0.417 e. The normalized spacial score (nSPS) is 11.4. The van der Waals surface area contributed by atoms with Gasteiger partial charge < -0.3 is 15.6 Å². The van der Waals surface area contributed by atoms with Crippen molar-refractivity contribution in [2.45, 2.75) is 6.18 Å². The average Bonchev–Trinajstić information content (AvgIpc) is 3.19. The van der Waals surface area contributed by atoms with Gasteiger partial charge in [-0.05, 0) is 60.7 Å². The molecule has 0 saturated heterocycles. The van der Waals surface area contributed by atoms with Gasteiger partial charge in [0.05, 0.1) is 27.4 Å². The fraction of sp³-hybridized carbons (Fsp3) is 0.0435. The molecule has 3 aromatic carbocycles. The first-order valence-corrected chi connectivity index (χ1v) is 10.0. The third-order valence-corrected chi connectivity index (χ3v) is 5.33. The van der Waals surface area contributed by atoms with E-state index in [1.165, 1.54) is 12.1 Å². The first-order chi connectivity index (χ1) is 16.1. The lowest BCUT2D eigenvalue weighted by Gasteiger charge is -2.18. The summed E-state index contributed by atoms with van der Waals surface area (Å²) in [6.07, 6.45) is -3.17. The molecule has 1 heterocycles. The molecule has 0 spiro atoms. The molecule has 11 heteroatoms. The van der Waals surface area contributed by atoms with Crippen molar-refractivity contribution in [3.05, 3.63) is 89.1 Å². The van der Waals surface area contributed by atoms with Crippen molar-refractivity contribution in [3.63, 3.8) is 0 Å². The number of aromatic nitrogens is 1. The zero-order valence-electron chi connectivity index (χ0n) is 17.1. The monoisotopic (exact) mass is 487 g/mol.